The monoisotopic (exact) mass is 393 g/mol. The van der Waals surface area contributed by atoms with Crippen molar-refractivity contribution in [3.8, 4) is 22.6 Å². The molecular weight excluding hydrogens is 374 g/mol. The molecule has 0 bridgehead atoms. The van der Waals surface area contributed by atoms with E-state index in [1.165, 1.54) is 6.26 Å². The third kappa shape index (κ3) is 3.77. The van der Waals surface area contributed by atoms with Gasteiger partial charge in [-0.1, -0.05) is 36.4 Å². The molecule has 0 fully saturated rings. The number of hydrogen-bond donors (Lipinski definition) is 1. The normalized spacial score (nSPS) is 13.0. The van der Waals surface area contributed by atoms with E-state index in [-0.39, 0.29) is 11.7 Å². The van der Waals surface area contributed by atoms with Crippen molar-refractivity contribution >= 4 is 21.4 Å². The molecule has 0 atom stereocenters. The average molecular weight is 393 g/mol. The van der Waals surface area contributed by atoms with E-state index in [9.17, 15) is 13.2 Å². The fourth-order valence-electron chi connectivity index (χ4n) is 3.24. The Balaban J connectivity index is 1.76. The quantitative estimate of drug-likeness (QED) is 0.708. The lowest BCUT2D eigenvalue weighted by Crippen LogP contribution is -2.10. The van der Waals surface area contributed by atoms with Crippen LogP contribution in [-0.4, -0.2) is 20.6 Å². The summed E-state index contributed by atoms with van der Waals surface area (Å²) in [5.41, 5.74) is 4.53. The molecule has 3 aromatic carbocycles. The number of ether oxygens (including phenoxy) is 1. The van der Waals surface area contributed by atoms with Gasteiger partial charge in [-0.2, -0.15) is 0 Å². The Morgan fingerprint density at radius 3 is 2.50 bits per heavy atom. The van der Waals surface area contributed by atoms with Crippen molar-refractivity contribution in [3.63, 3.8) is 0 Å². The summed E-state index contributed by atoms with van der Waals surface area (Å²) >= 11 is 0. The minimum absolute atomic E-state index is 0.0165. The van der Waals surface area contributed by atoms with E-state index in [4.69, 9.17) is 4.74 Å². The van der Waals surface area contributed by atoms with Crippen molar-refractivity contribution in [2.24, 2.45) is 0 Å². The zero-order valence-electron chi connectivity index (χ0n) is 15.5. The van der Waals surface area contributed by atoms with Crippen molar-refractivity contribution in [1.29, 1.82) is 0 Å². The van der Waals surface area contributed by atoms with Gasteiger partial charge in [0.05, 0.1) is 17.0 Å². The van der Waals surface area contributed by atoms with Crippen molar-refractivity contribution in [3.05, 3.63) is 77.4 Å². The first-order valence-electron chi connectivity index (χ1n) is 8.79. The molecule has 6 heteroatoms. The molecule has 1 N–H and O–H groups in total. The van der Waals surface area contributed by atoms with Crippen LogP contribution in [0.3, 0.4) is 0 Å². The van der Waals surface area contributed by atoms with Crippen molar-refractivity contribution in [2.75, 3.05) is 11.6 Å². The number of rotatable bonds is 3. The minimum Gasteiger partial charge on any atom is -0.454 e. The van der Waals surface area contributed by atoms with Crippen molar-refractivity contribution in [2.45, 2.75) is 12.7 Å². The van der Waals surface area contributed by atoms with Crippen LogP contribution in [0.5, 0.6) is 11.5 Å². The fraction of sp³-hybridized carbons (Fsp3) is 0.136. The molecule has 4 rings (SSSR count). The van der Waals surface area contributed by atoms with Gasteiger partial charge in [-0.15, -0.1) is 0 Å². The molecule has 0 saturated heterocycles. The first-order valence-corrected chi connectivity index (χ1v) is 10.9. The molecule has 0 radical (unpaired) electrons. The maximum Gasteiger partial charge on any atom is 0.259 e. The van der Waals surface area contributed by atoms with Gasteiger partial charge in [0.1, 0.15) is 5.75 Å². The number of aryl methyl sites for hydroxylation is 1. The average Bonchev–Trinajstić information content (AvgIpc) is 2.75. The number of sulfone groups is 1. The number of nitrogens with one attached hydrogen (secondary N) is 1. The van der Waals surface area contributed by atoms with Gasteiger partial charge in [-0.25, -0.2) is 8.42 Å². The molecule has 1 aliphatic heterocycles. The summed E-state index contributed by atoms with van der Waals surface area (Å²) in [5, 5.41) is 2.87. The Bertz CT molecular complexity index is 1200. The maximum atomic E-state index is 12.6. The molecule has 1 amide bonds. The highest BCUT2D eigenvalue weighted by Crippen LogP contribution is 2.38. The second-order valence-corrected chi connectivity index (χ2v) is 9.18. The molecular formula is C22H19NO4S. The highest BCUT2D eigenvalue weighted by Gasteiger charge is 2.21. The molecule has 0 aromatic heterocycles. The van der Waals surface area contributed by atoms with Gasteiger partial charge in [0.25, 0.3) is 5.91 Å². The standard InChI is InChI=1S/C22H19NO4S/c1-14-6-9-19-21(10-14)27-20-12-17(7-8-18(20)22(24)23-19)16-5-3-4-15(11-16)13-28(2,25)26/h3-12H,13H2,1-2H3,(H,23,24). The minimum atomic E-state index is -3.12. The second-order valence-electron chi connectivity index (χ2n) is 7.04. The van der Waals surface area contributed by atoms with Gasteiger partial charge < -0.3 is 10.1 Å². The molecule has 5 nitrogen and oxygen atoms in total. The van der Waals surface area contributed by atoms with Gasteiger partial charge in [-0.3, -0.25) is 4.79 Å². The second kappa shape index (κ2) is 6.80. The highest BCUT2D eigenvalue weighted by molar-refractivity contribution is 7.89. The largest absolute Gasteiger partial charge is 0.454 e. The maximum absolute atomic E-state index is 12.6. The summed E-state index contributed by atoms with van der Waals surface area (Å²) in [4.78, 5) is 12.6. The van der Waals surface area contributed by atoms with Crippen LogP contribution in [0.2, 0.25) is 0 Å². The summed E-state index contributed by atoms with van der Waals surface area (Å²) in [6, 6.07) is 18.4. The Morgan fingerprint density at radius 1 is 0.929 bits per heavy atom. The number of carbonyl (C=O) groups is 1. The van der Waals surface area contributed by atoms with Gasteiger partial charge in [0.15, 0.2) is 15.6 Å². The Morgan fingerprint density at radius 2 is 1.71 bits per heavy atom. The van der Waals surface area contributed by atoms with E-state index in [2.05, 4.69) is 5.32 Å². The van der Waals surface area contributed by atoms with Crippen LogP contribution in [-0.2, 0) is 15.6 Å². The molecule has 3 aromatic rings. The fourth-order valence-corrected chi connectivity index (χ4v) is 4.03. The van der Waals surface area contributed by atoms with E-state index in [1.807, 2.05) is 55.5 Å². The molecule has 0 unspecified atom stereocenters. The van der Waals surface area contributed by atoms with Gasteiger partial charge in [-0.05, 0) is 53.4 Å². The molecule has 28 heavy (non-hydrogen) atoms. The molecule has 142 valence electrons. The van der Waals surface area contributed by atoms with Gasteiger partial charge in [0, 0.05) is 6.26 Å². The van der Waals surface area contributed by atoms with E-state index in [0.29, 0.717) is 22.7 Å². The summed E-state index contributed by atoms with van der Waals surface area (Å²) in [6.45, 7) is 1.96. The smallest absolute Gasteiger partial charge is 0.259 e. The van der Waals surface area contributed by atoms with Crippen molar-refractivity contribution < 1.29 is 17.9 Å². The Labute approximate surface area is 163 Å². The lowest BCUT2D eigenvalue weighted by Gasteiger charge is -2.11. The number of hydrogen-bond acceptors (Lipinski definition) is 4. The number of benzene rings is 3. The number of fused-ring (bicyclic) bond motifs is 2. The summed E-state index contributed by atoms with van der Waals surface area (Å²) < 4.78 is 29.2. The third-order valence-corrected chi connectivity index (χ3v) is 5.38. The molecule has 1 heterocycles. The van der Waals surface area contributed by atoms with Crippen LogP contribution >= 0.6 is 0 Å². The van der Waals surface area contributed by atoms with Crippen LogP contribution in [0.1, 0.15) is 21.5 Å². The third-order valence-electron chi connectivity index (χ3n) is 4.52. The van der Waals surface area contributed by atoms with Crippen LogP contribution in [0.25, 0.3) is 11.1 Å². The van der Waals surface area contributed by atoms with E-state index >= 15 is 0 Å². The Hall–Kier alpha value is -3.12. The Kier molecular flexibility index (Phi) is 4.43. The molecule has 1 aliphatic rings. The predicted octanol–water partition coefficient (Wildman–Crippen LogP) is 4.56. The number of amides is 1. The molecule has 0 aliphatic carbocycles. The SMILES string of the molecule is Cc1ccc2c(c1)Oc1cc(-c3cccc(CS(C)(=O)=O)c3)ccc1C(=O)N2. The lowest BCUT2D eigenvalue weighted by molar-refractivity contribution is 0.102. The number of anilines is 1. The first-order chi connectivity index (χ1) is 13.3. The zero-order chi connectivity index (χ0) is 19.9. The van der Waals surface area contributed by atoms with Crippen LogP contribution < -0.4 is 10.1 Å². The van der Waals surface area contributed by atoms with Gasteiger partial charge >= 0.3 is 0 Å². The molecule has 0 saturated carbocycles. The van der Waals surface area contributed by atoms with Crippen molar-refractivity contribution in [1.82, 2.24) is 0 Å². The summed E-state index contributed by atoms with van der Waals surface area (Å²) in [7, 11) is -3.12. The summed E-state index contributed by atoms with van der Waals surface area (Å²) in [6.07, 6.45) is 1.22. The zero-order valence-corrected chi connectivity index (χ0v) is 16.3. The summed E-state index contributed by atoms with van der Waals surface area (Å²) in [5.74, 6) is 0.815. The van der Waals surface area contributed by atoms with E-state index in [0.717, 1.165) is 22.3 Å². The predicted molar refractivity (Wildman–Crippen MR) is 110 cm³/mol. The number of carbonyl (C=O) groups excluding carboxylic acids is 1. The van der Waals surface area contributed by atoms with E-state index < -0.39 is 9.84 Å². The van der Waals surface area contributed by atoms with Crippen LogP contribution in [0.4, 0.5) is 5.69 Å². The lowest BCUT2D eigenvalue weighted by atomic mass is 10.0. The van der Waals surface area contributed by atoms with E-state index in [1.54, 1.807) is 12.1 Å². The molecule has 0 spiro atoms. The van der Waals surface area contributed by atoms with Crippen LogP contribution in [0, 0.1) is 6.92 Å². The van der Waals surface area contributed by atoms with Gasteiger partial charge in [0.2, 0.25) is 0 Å². The first kappa shape index (κ1) is 18.3. The topological polar surface area (TPSA) is 72.5 Å². The van der Waals surface area contributed by atoms with Crippen LogP contribution in [0.15, 0.2) is 60.7 Å². The highest BCUT2D eigenvalue weighted by atomic mass is 32.2.